The van der Waals surface area contributed by atoms with Gasteiger partial charge < -0.3 is 14.6 Å². The number of hydrogen-bond donors (Lipinski definition) is 1. The monoisotopic (exact) mass is 334 g/mol. The molecule has 0 fully saturated rings. The maximum Gasteiger partial charge on any atom is 0.328 e. The van der Waals surface area contributed by atoms with Crippen LogP contribution in [0.4, 0.5) is 0 Å². The van der Waals surface area contributed by atoms with Crippen molar-refractivity contribution in [3.63, 3.8) is 0 Å². The predicted octanol–water partition coefficient (Wildman–Crippen LogP) is 2.41. The third-order valence-electron chi connectivity index (χ3n) is 1.92. The molecule has 0 spiro atoms. The second-order valence-electron chi connectivity index (χ2n) is 2.88. The first-order valence-electron chi connectivity index (χ1n) is 4.41. The second kappa shape index (κ2) is 5.74. The van der Waals surface area contributed by atoms with E-state index in [2.05, 4.69) is 22.6 Å². The number of methoxy groups -OCH3 is 2. The fraction of sp³-hybridized carbons (Fsp3) is 0.182. The van der Waals surface area contributed by atoms with Gasteiger partial charge in [-0.1, -0.05) is 0 Å². The van der Waals surface area contributed by atoms with Gasteiger partial charge in [-0.3, -0.25) is 0 Å². The molecular formula is C11H11IO4. The van der Waals surface area contributed by atoms with Crippen molar-refractivity contribution in [2.45, 2.75) is 0 Å². The minimum atomic E-state index is -0.981. The van der Waals surface area contributed by atoms with Crippen molar-refractivity contribution in [2.24, 2.45) is 0 Å². The molecule has 0 heterocycles. The van der Waals surface area contributed by atoms with Crippen LogP contribution in [0, 0.1) is 3.57 Å². The van der Waals surface area contributed by atoms with Crippen LogP contribution in [0.1, 0.15) is 5.56 Å². The summed E-state index contributed by atoms with van der Waals surface area (Å²) in [6, 6.07) is 3.52. The molecule has 1 aromatic rings. The van der Waals surface area contributed by atoms with Crippen molar-refractivity contribution in [1.82, 2.24) is 0 Å². The first kappa shape index (κ1) is 12.8. The van der Waals surface area contributed by atoms with E-state index in [-0.39, 0.29) is 0 Å². The molecular weight excluding hydrogens is 323 g/mol. The van der Waals surface area contributed by atoms with Crippen molar-refractivity contribution in [1.29, 1.82) is 0 Å². The van der Waals surface area contributed by atoms with Crippen molar-refractivity contribution in [3.05, 3.63) is 27.3 Å². The molecule has 0 unspecified atom stereocenters. The molecule has 16 heavy (non-hydrogen) atoms. The minimum Gasteiger partial charge on any atom is -0.493 e. The average Bonchev–Trinajstić information content (AvgIpc) is 2.26. The van der Waals surface area contributed by atoms with Crippen molar-refractivity contribution >= 4 is 34.6 Å². The molecule has 1 N–H and O–H groups in total. The lowest BCUT2D eigenvalue weighted by Gasteiger charge is -2.10. The Balaban J connectivity index is 3.18. The molecule has 86 valence electrons. The van der Waals surface area contributed by atoms with Crippen LogP contribution in [0.25, 0.3) is 6.08 Å². The van der Waals surface area contributed by atoms with Gasteiger partial charge in [0, 0.05) is 6.08 Å². The summed E-state index contributed by atoms with van der Waals surface area (Å²) >= 11 is 2.09. The largest absolute Gasteiger partial charge is 0.493 e. The molecule has 5 heteroatoms. The number of carbonyl (C=O) groups is 1. The zero-order chi connectivity index (χ0) is 12.1. The van der Waals surface area contributed by atoms with Crippen molar-refractivity contribution < 1.29 is 19.4 Å². The number of halogens is 1. The van der Waals surface area contributed by atoms with E-state index in [9.17, 15) is 4.79 Å². The Morgan fingerprint density at radius 3 is 2.56 bits per heavy atom. The number of ether oxygens (including phenoxy) is 2. The van der Waals surface area contributed by atoms with Gasteiger partial charge in [-0.25, -0.2) is 4.79 Å². The molecule has 1 rings (SSSR count). The van der Waals surface area contributed by atoms with Crippen LogP contribution in [0.2, 0.25) is 0 Å². The third-order valence-corrected chi connectivity index (χ3v) is 3.03. The Morgan fingerprint density at radius 1 is 1.38 bits per heavy atom. The fourth-order valence-corrected chi connectivity index (χ4v) is 2.04. The van der Waals surface area contributed by atoms with E-state index in [1.165, 1.54) is 6.08 Å². The molecule has 0 atom stereocenters. The summed E-state index contributed by atoms with van der Waals surface area (Å²) in [5.74, 6) is 0.251. The highest BCUT2D eigenvalue weighted by molar-refractivity contribution is 14.1. The molecule has 0 aliphatic heterocycles. The van der Waals surface area contributed by atoms with Crippen molar-refractivity contribution in [3.8, 4) is 11.5 Å². The second-order valence-corrected chi connectivity index (χ2v) is 3.95. The van der Waals surface area contributed by atoms with Gasteiger partial charge in [-0.15, -0.1) is 0 Å². The van der Waals surface area contributed by atoms with E-state index >= 15 is 0 Å². The SMILES string of the molecule is COc1ccc(/C=C/C(=O)O)c(I)c1OC. The molecule has 0 bridgehead atoms. The fourth-order valence-electron chi connectivity index (χ4n) is 1.19. The molecule has 1 aromatic carbocycles. The summed E-state index contributed by atoms with van der Waals surface area (Å²) in [6.07, 6.45) is 2.61. The molecule has 0 aliphatic carbocycles. The van der Waals surface area contributed by atoms with Crippen LogP contribution in [0.15, 0.2) is 18.2 Å². The van der Waals surface area contributed by atoms with Crippen LogP contribution in [0.3, 0.4) is 0 Å². The Bertz CT molecular complexity index is 426. The summed E-state index contributed by atoms with van der Waals surface area (Å²) in [4.78, 5) is 10.4. The van der Waals surface area contributed by atoms with Crippen LogP contribution in [-0.2, 0) is 4.79 Å². The lowest BCUT2D eigenvalue weighted by Crippen LogP contribution is -1.95. The summed E-state index contributed by atoms with van der Waals surface area (Å²) in [6.45, 7) is 0. The van der Waals surface area contributed by atoms with Gasteiger partial charge in [0.1, 0.15) is 0 Å². The van der Waals surface area contributed by atoms with E-state index in [4.69, 9.17) is 14.6 Å². The van der Waals surface area contributed by atoms with Crippen molar-refractivity contribution in [2.75, 3.05) is 14.2 Å². The van der Waals surface area contributed by atoms with Gasteiger partial charge in [-0.05, 0) is 46.4 Å². The summed E-state index contributed by atoms with van der Waals surface area (Å²) in [5.41, 5.74) is 0.778. The molecule has 0 aliphatic rings. The molecule has 0 saturated heterocycles. The van der Waals surface area contributed by atoms with Crippen LogP contribution in [0.5, 0.6) is 11.5 Å². The molecule has 0 aromatic heterocycles. The number of rotatable bonds is 4. The highest BCUT2D eigenvalue weighted by atomic mass is 127. The van der Waals surface area contributed by atoms with Gasteiger partial charge in [0.25, 0.3) is 0 Å². The van der Waals surface area contributed by atoms with Crippen LogP contribution < -0.4 is 9.47 Å². The van der Waals surface area contributed by atoms with E-state index in [0.29, 0.717) is 11.5 Å². The maximum absolute atomic E-state index is 10.4. The van der Waals surface area contributed by atoms with Crippen LogP contribution in [-0.4, -0.2) is 25.3 Å². The summed E-state index contributed by atoms with van der Waals surface area (Å²) in [5, 5.41) is 8.55. The van der Waals surface area contributed by atoms with E-state index in [1.54, 1.807) is 26.4 Å². The first-order chi connectivity index (χ1) is 7.60. The molecule has 0 saturated carbocycles. The lowest BCUT2D eigenvalue weighted by atomic mass is 10.2. The Labute approximate surface area is 107 Å². The Hall–Kier alpha value is -1.24. The molecule has 4 nitrogen and oxygen atoms in total. The summed E-state index contributed by atoms with van der Waals surface area (Å²) < 4.78 is 11.1. The summed E-state index contributed by atoms with van der Waals surface area (Å²) in [7, 11) is 3.10. The average molecular weight is 334 g/mol. The van der Waals surface area contributed by atoms with Gasteiger partial charge in [-0.2, -0.15) is 0 Å². The Morgan fingerprint density at radius 2 is 2.06 bits per heavy atom. The first-order valence-corrected chi connectivity index (χ1v) is 5.49. The van der Waals surface area contributed by atoms with E-state index in [0.717, 1.165) is 15.2 Å². The number of carboxylic acid groups (broad SMARTS) is 1. The number of carboxylic acids is 1. The molecule has 0 radical (unpaired) electrons. The Kier molecular flexibility index (Phi) is 4.60. The van der Waals surface area contributed by atoms with E-state index in [1.807, 2.05) is 0 Å². The topological polar surface area (TPSA) is 55.8 Å². The third kappa shape index (κ3) is 2.88. The zero-order valence-electron chi connectivity index (χ0n) is 8.86. The number of aliphatic carboxylic acids is 1. The zero-order valence-corrected chi connectivity index (χ0v) is 11.0. The van der Waals surface area contributed by atoms with Crippen LogP contribution >= 0.6 is 22.6 Å². The van der Waals surface area contributed by atoms with Gasteiger partial charge >= 0.3 is 5.97 Å². The molecule has 0 amide bonds. The standard InChI is InChI=1S/C11H11IO4/c1-15-8-5-3-7(4-6-9(13)14)10(12)11(8)16-2/h3-6H,1-2H3,(H,13,14)/b6-4+. The van der Waals surface area contributed by atoms with E-state index < -0.39 is 5.97 Å². The quantitative estimate of drug-likeness (QED) is 0.679. The minimum absolute atomic E-state index is 0.607. The predicted molar refractivity (Wildman–Crippen MR) is 68.9 cm³/mol. The lowest BCUT2D eigenvalue weighted by molar-refractivity contribution is -0.131. The highest BCUT2D eigenvalue weighted by Crippen LogP contribution is 2.34. The van der Waals surface area contributed by atoms with Gasteiger partial charge in [0.15, 0.2) is 11.5 Å². The normalized spacial score (nSPS) is 10.4. The number of hydrogen-bond acceptors (Lipinski definition) is 3. The smallest absolute Gasteiger partial charge is 0.328 e. The number of benzene rings is 1. The van der Waals surface area contributed by atoms with Gasteiger partial charge in [0.05, 0.1) is 17.8 Å². The highest BCUT2D eigenvalue weighted by Gasteiger charge is 2.10. The van der Waals surface area contributed by atoms with Gasteiger partial charge in [0.2, 0.25) is 0 Å². The maximum atomic E-state index is 10.4.